The minimum absolute atomic E-state index is 0.258. The van der Waals surface area contributed by atoms with Crippen molar-refractivity contribution in [1.82, 2.24) is 0 Å². The van der Waals surface area contributed by atoms with Crippen LogP contribution in [0.5, 0.6) is 0 Å². The molecule has 0 N–H and O–H groups in total. The molecule has 0 heterocycles. The summed E-state index contributed by atoms with van der Waals surface area (Å²) in [6, 6.07) is 8.70. The maximum absolute atomic E-state index is 5.55. The lowest BCUT2D eigenvalue weighted by Crippen LogP contribution is -2.05. The molecule has 2 heteroatoms. The Morgan fingerprint density at radius 1 is 1.13 bits per heavy atom. The largest absolute Gasteiger partial charge is 0.421 e. The van der Waals surface area contributed by atoms with E-state index in [1.807, 2.05) is 0 Å². The van der Waals surface area contributed by atoms with Crippen molar-refractivity contribution >= 4 is 10.5 Å². The molecule has 0 fully saturated rings. The van der Waals surface area contributed by atoms with Gasteiger partial charge in [0.1, 0.15) is 10.5 Å². The normalized spacial score (nSPS) is 13.3. The highest BCUT2D eigenvalue weighted by Crippen LogP contribution is 2.30. The summed E-state index contributed by atoms with van der Waals surface area (Å²) in [5.41, 5.74) is 2.85. The molecular weight excluding hydrogens is 200 g/mol. The van der Waals surface area contributed by atoms with E-state index >= 15 is 0 Å². The van der Waals surface area contributed by atoms with Crippen molar-refractivity contribution in [2.75, 3.05) is 0 Å². The monoisotopic (exact) mass is 222 g/mol. The van der Waals surface area contributed by atoms with Gasteiger partial charge in [0.25, 0.3) is 0 Å². The Kier molecular flexibility index (Phi) is 5.06. The van der Waals surface area contributed by atoms with E-state index in [0.29, 0.717) is 5.92 Å². The van der Waals surface area contributed by atoms with Crippen LogP contribution in [-0.4, -0.2) is 10.5 Å². The van der Waals surface area contributed by atoms with Crippen molar-refractivity contribution < 1.29 is 4.43 Å². The van der Waals surface area contributed by atoms with Gasteiger partial charge in [0.05, 0.1) is 6.10 Å². The van der Waals surface area contributed by atoms with Gasteiger partial charge in [-0.3, -0.25) is 0 Å². The van der Waals surface area contributed by atoms with Crippen LogP contribution in [0, 0.1) is 0 Å². The topological polar surface area (TPSA) is 9.23 Å². The molecule has 1 atom stereocenters. The minimum atomic E-state index is 0.258. The van der Waals surface area contributed by atoms with Gasteiger partial charge in [0.15, 0.2) is 0 Å². The molecule has 0 bridgehead atoms. The first kappa shape index (κ1) is 12.5. The fourth-order valence-corrected chi connectivity index (χ4v) is 2.36. The van der Waals surface area contributed by atoms with Gasteiger partial charge >= 0.3 is 0 Å². The Labute approximate surface area is 96.4 Å². The van der Waals surface area contributed by atoms with Gasteiger partial charge in [0.2, 0.25) is 0 Å². The standard InChI is InChI=1S/C13H22OSi/c1-4-11(5-2)13-9-7-6-8-12(13)10(3)14-15/h6-11H,4-5H2,1-3,15H3. The zero-order chi connectivity index (χ0) is 11.3. The molecule has 1 rings (SSSR count). The molecule has 84 valence electrons. The summed E-state index contributed by atoms with van der Waals surface area (Å²) in [7, 11) is 0.804. The van der Waals surface area contributed by atoms with Crippen LogP contribution in [0.4, 0.5) is 0 Å². The molecule has 1 aromatic carbocycles. The van der Waals surface area contributed by atoms with Crippen molar-refractivity contribution in [2.24, 2.45) is 0 Å². The van der Waals surface area contributed by atoms with E-state index in [2.05, 4.69) is 45.0 Å². The second-order valence-corrected chi connectivity index (χ2v) is 4.49. The van der Waals surface area contributed by atoms with Crippen molar-refractivity contribution in [2.45, 2.75) is 45.6 Å². The summed E-state index contributed by atoms with van der Waals surface area (Å²) in [5, 5.41) is 0. The maximum atomic E-state index is 5.55. The Hall–Kier alpha value is -0.603. The molecule has 0 spiro atoms. The lowest BCUT2D eigenvalue weighted by molar-refractivity contribution is 0.248. The zero-order valence-corrected chi connectivity index (χ0v) is 12.3. The van der Waals surface area contributed by atoms with Gasteiger partial charge in [-0.1, -0.05) is 38.1 Å². The molecule has 0 aliphatic heterocycles. The van der Waals surface area contributed by atoms with Crippen LogP contribution in [0.1, 0.15) is 56.8 Å². The molecule has 0 aromatic heterocycles. The molecule has 1 nitrogen and oxygen atoms in total. The molecule has 15 heavy (non-hydrogen) atoms. The summed E-state index contributed by atoms with van der Waals surface area (Å²) >= 11 is 0. The molecule has 0 saturated carbocycles. The van der Waals surface area contributed by atoms with Crippen LogP contribution in [0.3, 0.4) is 0 Å². The third kappa shape index (κ3) is 2.92. The molecule has 1 unspecified atom stereocenters. The summed E-state index contributed by atoms with van der Waals surface area (Å²) in [6.07, 6.45) is 2.68. The maximum Gasteiger partial charge on any atom is 0.146 e. The van der Waals surface area contributed by atoms with Gasteiger partial charge in [-0.15, -0.1) is 0 Å². The van der Waals surface area contributed by atoms with E-state index in [4.69, 9.17) is 4.43 Å². The second kappa shape index (κ2) is 6.08. The Morgan fingerprint density at radius 2 is 1.67 bits per heavy atom. The van der Waals surface area contributed by atoms with Crippen molar-refractivity contribution in [1.29, 1.82) is 0 Å². The number of hydrogen-bond donors (Lipinski definition) is 0. The Morgan fingerprint density at radius 3 is 2.13 bits per heavy atom. The summed E-state index contributed by atoms with van der Waals surface area (Å²) in [6.45, 7) is 6.67. The lowest BCUT2D eigenvalue weighted by atomic mass is 9.88. The first-order valence-electron chi connectivity index (χ1n) is 5.86. The summed E-state index contributed by atoms with van der Waals surface area (Å²) in [4.78, 5) is 0. The van der Waals surface area contributed by atoms with Crippen LogP contribution in [0.25, 0.3) is 0 Å². The highest BCUT2D eigenvalue weighted by Gasteiger charge is 2.14. The third-order valence-electron chi connectivity index (χ3n) is 3.21. The average Bonchev–Trinajstić information content (AvgIpc) is 2.30. The zero-order valence-electron chi connectivity index (χ0n) is 10.3. The Balaban J connectivity index is 3.04. The molecule has 0 radical (unpaired) electrons. The van der Waals surface area contributed by atoms with Crippen molar-refractivity contribution in [3.05, 3.63) is 35.4 Å². The number of benzene rings is 1. The highest BCUT2D eigenvalue weighted by molar-refractivity contribution is 5.98. The highest BCUT2D eigenvalue weighted by atomic mass is 28.2. The van der Waals surface area contributed by atoms with E-state index in [1.165, 1.54) is 24.0 Å². The lowest BCUT2D eigenvalue weighted by Gasteiger charge is -2.21. The molecule has 1 aromatic rings. The smallest absolute Gasteiger partial charge is 0.146 e. The number of rotatable bonds is 5. The van der Waals surface area contributed by atoms with E-state index in [-0.39, 0.29) is 6.10 Å². The van der Waals surface area contributed by atoms with E-state index in [1.54, 1.807) is 0 Å². The first-order chi connectivity index (χ1) is 7.24. The average molecular weight is 222 g/mol. The van der Waals surface area contributed by atoms with Crippen LogP contribution < -0.4 is 0 Å². The predicted octanol–water partition coefficient (Wildman–Crippen LogP) is 2.95. The third-order valence-corrected chi connectivity index (χ3v) is 3.92. The molecule has 0 aliphatic rings. The van der Waals surface area contributed by atoms with Crippen LogP contribution in [0.2, 0.25) is 0 Å². The van der Waals surface area contributed by atoms with Gasteiger partial charge in [-0.25, -0.2) is 0 Å². The van der Waals surface area contributed by atoms with Gasteiger partial charge < -0.3 is 4.43 Å². The van der Waals surface area contributed by atoms with E-state index < -0.39 is 0 Å². The fraction of sp³-hybridized carbons (Fsp3) is 0.538. The van der Waals surface area contributed by atoms with Crippen molar-refractivity contribution in [3.63, 3.8) is 0 Å². The minimum Gasteiger partial charge on any atom is -0.421 e. The van der Waals surface area contributed by atoms with Gasteiger partial charge in [-0.2, -0.15) is 0 Å². The summed E-state index contributed by atoms with van der Waals surface area (Å²) in [5.74, 6) is 0.681. The molecule has 0 amide bonds. The van der Waals surface area contributed by atoms with E-state index in [0.717, 1.165) is 10.5 Å². The fourth-order valence-electron chi connectivity index (χ4n) is 2.11. The second-order valence-electron chi connectivity index (χ2n) is 4.02. The first-order valence-corrected chi connectivity index (χ1v) is 6.67. The van der Waals surface area contributed by atoms with Crippen LogP contribution >= 0.6 is 0 Å². The molecule has 0 aliphatic carbocycles. The molecular formula is C13H22OSi. The van der Waals surface area contributed by atoms with Crippen LogP contribution in [0.15, 0.2) is 24.3 Å². The predicted molar refractivity (Wildman–Crippen MR) is 69.2 cm³/mol. The Bertz CT molecular complexity index is 294. The SMILES string of the molecule is CCC(CC)c1ccccc1C(C)O[SiH3]. The van der Waals surface area contributed by atoms with E-state index in [9.17, 15) is 0 Å². The van der Waals surface area contributed by atoms with Gasteiger partial charge in [0, 0.05) is 0 Å². The molecule has 0 saturated heterocycles. The number of hydrogen-bond acceptors (Lipinski definition) is 1. The van der Waals surface area contributed by atoms with Gasteiger partial charge in [-0.05, 0) is 36.8 Å². The van der Waals surface area contributed by atoms with Crippen LogP contribution in [-0.2, 0) is 4.43 Å². The quantitative estimate of drug-likeness (QED) is 0.696. The van der Waals surface area contributed by atoms with Crippen molar-refractivity contribution in [3.8, 4) is 0 Å². The summed E-state index contributed by atoms with van der Waals surface area (Å²) < 4.78 is 5.55.